The van der Waals surface area contributed by atoms with E-state index in [0.717, 1.165) is 70.6 Å². The topological polar surface area (TPSA) is 253 Å². The van der Waals surface area contributed by atoms with Gasteiger partial charge in [-0.2, -0.15) is 0 Å². The molecule has 7 atom stereocenters. The second kappa shape index (κ2) is 35.2. The molecule has 6 N–H and O–H groups in total. The number of rotatable bonds is 39. The molecule has 0 radical (unpaired) electrons. The van der Waals surface area contributed by atoms with Gasteiger partial charge in [-0.05, 0) is 57.8 Å². The molecule has 0 saturated heterocycles. The third-order valence-electron chi connectivity index (χ3n) is 10.4. The molecule has 18 heteroatoms. The minimum Gasteiger partial charge on any atom is -0.462 e. The molecule has 1 rings (SSSR count). The summed E-state index contributed by atoms with van der Waals surface area (Å²) in [7, 11) is -9.77. The van der Waals surface area contributed by atoms with Crippen LogP contribution in [0.3, 0.4) is 0 Å². The van der Waals surface area contributed by atoms with Crippen LogP contribution in [0, 0.1) is 11.8 Å². The summed E-state index contributed by atoms with van der Waals surface area (Å²) < 4.78 is 47.8. The second-order valence-corrected chi connectivity index (χ2v) is 18.8. The number of ether oxygens (including phenoxy) is 2. The number of esters is 2. The van der Waals surface area contributed by atoms with Gasteiger partial charge in [0.05, 0.1) is 32.0 Å². The van der Waals surface area contributed by atoms with Crippen LogP contribution in [0.2, 0.25) is 0 Å². The molecular formula is C44H78O16P2. The molecule has 0 amide bonds. The van der Waals surface area contributed by atoms with Gasteiger partial charge >= 0.3 is 27.6 Å². The molecule has 360 valence electrons. The van der Waals surface area contributed by atoms with E-state index < -0.39 is 78.4 Å². The Labute approximate surface area is 369 Å². The third kappa shape index (κ3) is 31.7. The molecule has 1 saturated carbocycles. The molecule has 1 unspecified atom stereocenters. The Balaban J connectivity index is 2.54. The summed E-state index contributed by atoms with van der Waals surface area (Å²) in [6.45, 7) is 1.35. The number of hydrogen-bond acceptors (Lipinski definition) is 13. The molecule has 1 aliphatic carbocycles. The summed E-state index contributed by atoms with van der Waals surface area (Å²) in [5.74, 6) is -1.85. The van der Waals surface area contributed by atoms with Crippen LogP contribution >= 0.6 is 15.6 Å². The van der Waals surface area contributed by atoms with E-state index in [1.807, 2.05) is 0 Å². The fraction of sp³-hybridized carbons (Fsp3) is 0.795. The zero-order valence-corrected chi connectivity index (χ0v) is 39.0. The number of allylic oxidation sites excluding steroid dienone is 4. The highest BCUT2D eigenvalue weighted by Gasteiger charge is 2.39. The van der Waals surface area contributed by atoms with Crippen molar-refractivity contribution >= 4 is 33.4 Å². The van der Waals surface area contributed by atoms with Gasteiger partial charge in [0.25, 0.3) is 0 Å². The third-order valence-corrected chi connectivity index (χ3v) is 11.8. The summed E-state index contributed by atoms with van der Waals surface area (Å²) in [4.78, 5) is 65.5. The number of aliphatic hydroxyl groups excluding tert-OH is 3. The highest BCUT2D eigenvalue weighted by Crippen LogP contribution is 2.44. The molecule has 0 bridgehead atoms. The van der Waals surface area contributed by atoms with Gasteiger partial charge in [-0.25, -0.2) is 9.13 Å². The largest absolute Gasteiger partial charge is 0.472 e. The van der Waals surface area contributed by atoms with Crippen molar-refractivity contribution in [3.8, 4) is 0 Å². The Hall–Kier alpha value is -2.07. The zero-order valence-electron chi connectivity index (χ0n) is 37.2. The van der Waals surface area contributed by atoms with E-state index in [1.165, 1.54) is 19.3 Å². The fourth-order valence-electron chi connectivity index (χ4n) is 6.86. The van der Waals surface area contributed by atoms with E-state index >= 15 is 0 Å². The lowest BCUT2D eigenvalue weighted by Crippen LogP contribution is -2.30. The fourth-order valence-corrected chi connectivity index (χ4v) is 8.02. The Kier molecular flexibility index (Phi) is 32.9. The number of carbonyl (C=O) groups is 3. The Bertz CT molecular complexity index is 1400. The first kappa shape index (κ1) is 57.9. The van der Waals surface area contributed by atoms with Crippen LogP contribution in [0.15, 0.2) is 36.5 Å². The van der Waals surface area contributed by atoms with E-state index in [-0.39, 0.29) is 36.9 Å². The average Bonchev–Trinajstić information content (AvgIpc) is 3.49. The number of hydrogen-bond donors (Lipinski definition) is 6. The van der Waals surface area contributed by atoms with Crippen LogP contribution in [-0.2, 0) is 46.6 Å². The maximum Gasteiger partial charge on any atom is 0.472 e. The van der Waals surface area contributed by atoms with Crippen molar-refractivity contribution in [2.24, 2.45) is 11.8 Å². The summed E-state index contributed by atoms with van der Waals surface area (Å²) in [6.07, 6.45) is 26.1. The van der Waals surface area contributed by atoms with Gasteiger partial charge in [-0.1, -0.05) is 121 Å². The molecule has 1 aliphatic rings. The van der Waals surface area contributed by atoms with Gasteiger partial charge in [-0.15, -0.1) is 0 Å². The Morgan fingerprint density at radius 2 is 1.27 bits per heavy atom. The summed E-state index contributed by atoms with van der Waals surface area (Å²) in [5, 5.41) is 30.5. The lowest BCUT2D eigenvalue weighted by Gasteiger charge is -2.20. The van der Waals surface area contributed by atoms with Crippen molar-refractivity contribution in [1.82, 2.24) is 0 Å². The minimum atomic E-state index is -4.90. The molecule has 0 heterocycles. The Morgan fingerprint density at radius 3 is 1.94 bits per heavy atom. The van der Waals surface area contributed by atoms with Crippen molar-refractivity contribution < 1.29 is 76.6 Å². The first-order chi connectivity index (χ1) is 29.6. The van der Waals surface area contributed by atoms with Gasteiger partial charge in [-0.3, -0.25) is 28.0 Å². The second-order valence-electron chi connectivity index (χ2n) is 16.1. The van der Waals surface area contributed by atoms with Crippen LogP contribution < -0.4 is 0 Å². The van der Waals surface area contributed by atoms with E-state index in [0.29, 0.717) is 38.5 Å². The van der Waals surface area contributed by atoms with Crippen LogP contribution in [0.25, 0.3) is 0 Å². The minimum absolute atomic E-state index is 0.0101. The van der Waals surface area contributed by atoms with Crippen molar-refractivity contribution in [3.05, 3.63) is 36.5 Å². The van der Waals surface area contributed by atoms with Crippen molar-refractivity contribution in [3.63, 3.8) is 0 Å². The molecule has 0 spiro atoms. The van der Waals surface area contributed by atoms with Gasteiger partial charge in [0.15, 0.2) is 6.10 Å². The number of unbranched alkanes of at least 4 members (excludes halogenated alkanes) is 13. The van der Waals surface area contributed by atoms with Crippen molar-refractivity contribution in [1.29, 1.82) is 0 Å². The Morgan fingerprint density at radius 1 is 0.710 bits per heavy atom. The number of carbonyl (C=O) groups excluding carboxylic acids is 3. The average molecular weight is 925 g/mol. The quantitative estimate of drug-likeness (QED) is 0.0147. The number of aliphatic hydroxyl groups is 3. The first-order valence-electron chi connectivity index (χ1n) is 22.8. The van der Waals surface area contributed by atoms with Gasteiger partial charge in [0.1, 0.15) is 18.5 Å². The normalized spacial score (nSPS) is 19.7. The van der Waals surface area contributed by atoms with Crippen LogP contribution in [0.5, 0.6) is 0 Å². The molecular weight excluding hydrogens is 846 g/mol. The maximum absolute atomic E-state index is 12.7. The standard InChI is InChI=1S/C44H78O16P2/c1-3-5-7-8-9-10-11-12-13-14-15-16-17-18-24-28-44(50)60-38(35-59-62(54,55)58-33-37(46)32-57-61(51,52)53)34-56-43(49)27-23-20-19-22-26-39-40(42(48)31-41(39)47)30-29-36(45)25-21-6-4-2/h9-10,12-13,29-30,36-40,42,45-46,48H,3-8,11,14-28,31-35H2,1-2H3,(H,54,55)(H2,51,52,53)/b10-9-,13-12-,30-29+/t36-,37-,38+,39+,40+,42+/m0/s1. The van der Waals surface area contributed by atoms with E-state index in [1.54, 1.807) is 12.2 Å². The number of ketones is 1. The van der Waals surface area contributed by atoms with Crippen LogP contribution in [0.4, 0.5) is 0 Å². The van der Waals surface area contributed by atoms with E-state index in [9.17, 15) is 43.7 Å². The number of phosphoric acid groups is 2. The summed E-state index contributed by atoms with van der Waals surface area (Å²) in [5.41, 5.74) is 0. The van der Waals surface area contributed by atoms with Crippen LogP contribution in [0.1, 0.15) is 162 Å². The van der Waals surface area contributed by atoms with Gasteiger partial charge < -0.3 is 39.5 Å². The van der Waals surface area contributed by atoms with Gasteiger partial charge in [0.2, 0.25) is 0 Å². The predicted octanol–water partition coefficient (Wildman–Crippen LogP) is 8.26. The summed E-state index contributed by atoms with van der Waals surface area (Å²) >= 11 is 0. The maximum atomic E-state index is 12.7. The molecule has 0 aliphatic heterocycles. The molecule has 0 aromatic carbocycles. The first-order valence-corrected chi connectivity index (χ1v) is 25.8. The lowest BCUT2D eigenvalue weighted by atomic mass is 9.88. The van der Waals surface area contributed by atoms with E-state index in [4.69, 9.17) is 23.8 Å². The molecule has 62 heavy (non-hydrogen) atoms. The molecule has 0 aromatic heterocycles. The number of Topliss-reactive ketones (excluding diaryl/α,β-unsaturated/α-hetero) is 1. The molecule has 1 fully saturated rings. The van der Waals surface area contributed by atoms with Gasteiger partial charge in [0, 0.05) is 31.1 Å². The monoisotopic (exact) mass is 924 g/mol. The molecule has 16 nitrogen and oxygen atoms in total. The predicted molar refractivity (Wildman–Crippen MR) is 236 cm³/mol. The van der Waals surface area contributed by atoms with E-state index in [2.05, 4.69) is 47.2 Å². The number of phosphoric ester groups is 2. The SMILES string of the molecule is CCCCC/C=C\C/C=C\CCCCCCCC(=O)O[C@H](COC(=O)CCCCCC[C@H]1C(=O)C[C@@H](O)[C@@H]1/C=C/[C@@H](O)CCCCC)COP(=O)(O)OC[C@@H](O)COP(=O)(O)O. The highest BCUT2D eigenvalue weighted by atomic mass is 31.2. The highest BCUT2D eigenvalue weighted by molar-refractivity contribution is 7.47. The summed E-state index contributed by atoms with van der Waals surface area (Å²) in [6, 6.07) is 0. The van der Waals surface area contributed by atoms with Crippen LogP contribution in [-0.4, -0.2) is 98.6 Å². The zero-order chi connectivity index (χ0) is 46.1. The smallest absolute Gasteiger partial charge is 0.462 e. The van der Waals surface area contributed by atoms with Crippen molar-refractivity contribution in [2.75, 3.05) is 26.4 Å². The van der Waals surface area contributed by atoms with Crippen molar-refractivity contribution in [2.45, 2.75) is 186 Å². The molecule has 0 aromatic rings. The lowest BCUT2D eigenvalue weighted by molar-refractivity contribution is -0.161.